The van der Waals surface area contributed by atoms with Gasteiger partial charge in [0.05, 0.1) is 11.4 Å². The zero-order chi connectivity index (χ0) is 85.1. The average Bonchev–Trinajstić information content (AvgIpc) is 0.683. The molecule has 602 valence electrons. The molecule has 125 heavy (non-hydrogen) atoms. The highest BCUT2D eigenvalue weighted by Crippen LogP contribution is 2.57. The molecule has 18 aromatic carbocycles. The Balaban J connectivity index is 0.892. The van der Waals surface area contributed by atoms with Crippen molar-refractivity contribution in [3.8, 4) is 100 Å². The highest BCUT2D eigenvalue weighted by atomic mass is 15.2. The van der Waals surface area contributed by atoms with Crippen molar-refractivity contribution in [2.45, 2.75) is 78.6 Å². The second-order valence-corrected chi connectivity index (χ2v) is 36.5. The highest BCUT2D eigenvalue weighted by molar-refractivity contribution is 7.00. The Morgan fingerprint density at radius 1 is 0.184 bits per heavy atom. The minimum absolute atomic E-state index is 0.00344. The molecule has 0 aliphatic carbocycles. The van der Waals surface area contributed by atoms with Crippen LogP contribution in [0.4, 0.5) is 68.2 Å². The van der Waals surface area contributed by atoms with E-state index in [0.29, 0.717) is 0 Å². The summed E-state index contributed by atoms with van der Waals surface area (Å²) in [6.07, 6.45) is 0. The lowest BCUT2D eigenvalue weighted by Crippen LogP contribution is -2.61. The molecule has 20 rings (SSSR count). The first-order valence-electron chi connectivity index (χ1n) is 43.9. The van der Waals surface area contributed by atoms with E-state index in [2.05, 4.69) is 519 Å². The maximum absolute atomic E-state index is 2.72. The molecule has 5 heteroatoms. The van der Waals surface area contributed by atoms with Crippen LogP contribution in [0.3, 0.4) is 0 Å². The molecule has 0 saturated heterocycles. The van der Waals surface area contributed by atoms with E-state index in [1.54, 1.807) is 0 Å². The summed E-state index contributed by atoms with van der Waals surface area (Å²) in [6.45, 7) is 20.6. The quantitative estimate of drug-likeness (QED) is 0.0843. The maximum Gasteiger partial charge on any atom is 0.252 e. The van der Waals surface area contributed by atoms with Crippen LogP contribution in [0.1, 0.15) is 79.0 Å². The first kappa shape index (κ1) is 78.7. The molecule has 0 unspecified atom stereocenters. The monoisotopic (exact) mass is 1610 g/mol. The molecule has 0 radical (unpaired) electrons. The minimum atomic E-state index is -0.389. The fourth-order valence-electron chi connectivity index (χ4n) is 18.7. The van der Waals surface area contributed by atoms with E-state index in [9.17, 15) is 0 Å². The van der Waals surface area contributed by atoms with Gasteiger partial charge in [-0.15, -0.1) is 0 Å². The van der Waals surface area contributed by atoms with E-state index >= 15 is 0 Å². The van der Waals surface area contributed by atoms with Gasteiger partial charge in [0.15, 0.2) is 0 Å². The van der Waals surface area contributed by atoms with Crippen molar-refractivity contribution in [2.75, 3.05) is 19.6 Å². The van der Waals surface area contributed by atoms with Crippen molar-refractivity contribution < 1.29 is 0 Å². The summed E-state index contributed by atoms with van der Waals surface area (Å²) >= 11 is 0. The third-order valence-electron chi connectivity index (χ3n) is 25.3. The van der Waals surface area contributed by atoms with Crippen molar-refractivity contribution in [1.82, 2.24) is 0 Å². The summed E-state index contributed by atoms with van der Waals surface area (Å²) < 4.78 is 0. The summed E-state index contributed by atoms with van der Waals surface area (Å²) in [6, 6.07) is 164. The van der Waals surface area contributed by atoms with Crippen molar-refractivity contribution in [3.05, 3.63) is 453 Å². The van der Waals surface area contributed by atoms with Gasteiger partial charge in [-0.3, -0.25) is 0 Å². The molecular formula is C120H99BN4. The number of hydrogen-bond donors (Lipinski definition) is 0. The number of anilines is 12. The Labute approximate surface area is 738 Å². The first-order chi connectivity index (χ1) is 60.9. The summed E-state index contributed by atoms with van der Waals surface area (Å²) in [5.41, 5.74) is 40.3. The largest absolute Gasteiger partial charge is 0.311 e. The maximum atomic E-state index is 2.72. The van der Waals surface area contributed by atoms with Crippen LogP contribution in [0.5, 0.6) is 0 Å². The predicted octanol–water partition coefficient (Wildman–Crippen LogP) is 31.6. The van der Waals surface area contributed by atoms with E-state index in [-0.39, 0.29) is 23.0 Å². The zero-order valence-electron chi connectivity index (χ0n) is 72.4. The van der Waals surface area contributed by atoms with Gasteiger partial charge in [0.25, 0.3) is 6.71 Å². The number of benzene rings is 18. The van der Waals surface area contributed by atoms with Crippen molar-refractivity contribution in [1.29, 1.82) is 0 Å². The van der Waals surface area contributed by atoms with E-state index in [1.165, 1.54) is 44.2 Å². The second kappa shape index (κ2) is 32.6. The highest BCUT2D eigenvalue weighted by Gasteiger charge is 2.47. The molecule has 0 bridgehead atoms. The Bertz CT molecular complexity index is 6660. The molecule has 4 nitrogen and oxygen atoms in total. The predicted molar refractivity (Wildman–Crippen MR) is 535 cm³/mol. The van der Waals surface area contributed by atoms with Crippen LogP contribution in [-0.2, 0) is 16.2 Å². The average molecular weight is 1610 g/mol. The number of nitrogens with zero attached hydrogens (tertiary/aromatic N) is 4. The van der Waals surface area contributed by atoms with Gasteiger partial charge in [-0.25, -0.2) is 0 Å². The van der Waals surface area contributed by atoms with E-state index in [0.717, 1.165) is 157 Å². The third kappa shape index (κ3) is 15.2. The van der Waals surface area contributed by atoms with Gasteiger partial charge in [-0.2, -0.15) is 0 Å². The van der Waals surface area contributed by atoms with Crippen LogP contribution >= 0.6 is 0 Å². The summed E-state index contributed by atoms with van der Waals surface area (Å²) in [4.78, 5) is 10.3. The third-order valence-corrected chi connectivity index (χ3v) is 25.3. The van der Waals surface area contributed by atoms with E-state index < -0.39 is 0 Å². The van der Waals surface area contributed by atoms with Gasteiger partial charge in [-0.1, -0.05) is 384 Å². The fourth-order valence-corrected chi connectivity index (χ4v) is 18.7. The number of fused-ring (bicyclic) bond motifs is 4. The normalized spacial score (nSPS) is 12.3. The Morgan fingerprint density at radius 2 is 0.416 bits per heavy atom. The Morgan fingerprint density at radius 3 is 0.720 bits per heavy atom. The van der Waals surface area contributed by atoms with Crippen LogP contribution in [-0.4, -0.2) is 6.71 Å². The number of rotatable bonds is 17. The summed E-state index contributed by atoms with van der Waals surface area (Å²) in [5, 5.41) is 0. The molecule has 0 aromatic heterocycles. The molecule has 0 fully saturated rings. The molecule has 0 saturated carbocycles. The molecule has 2 aliphatic rings. The second-order valence-electron chi connectivity index (χ2n) is 36.5. The molecule has 2 heterocycles. The molecule has 0 atom stereocenters. The van der Waals surface area contributed by atoms with Crippen LogP contribution in [0, 0.1) is 0 Å². The van der Waals surface area contributed by atoms with E-state index in [4.69, 9.17) is 0 Å². The van der Waals surface area contributed by atoms with Crippen LogP contribution in [0.2, 0.25) is 0 Å². The topological polar surface area (TPSA) is 13.0 Å². The van der Waals surface area contributed by atoms with Gasteiger partial charge < -0.3 is 19.6 Å². The van der Waals surface area contributed by atoms with Gasteiger partial charge in [0.2, 0.25) is 0 Å². The Kier molecular flexibility index (Phi) is 20.5. The smallest absolute Gasteiger partial charge is 0.252 e. The summed E-state index contributed by atoms with van der Waals surface area (Å²) in [5.74, 6) is 0. The zero-order valence-corrected chi connectivity index (χ0v) is 72.4. The lowest BCUT2D eigenvalue weighted by Gasteiger charge is -2.47. The van der Waals surface area contributed by atoms with Gasteiger partial charge in [-0.05, 0) is 242 Å². The van der Waals surface area contributed by atoms with Gasteiger partial charge in [0.1, 0.15) is 0 Å². The van der Waals surface area contributed by atoms with Crippen LogP contribution in [0.25, 0.3) is 100 Å². The molecular weight excluding hydrogens is 1510 g/mol. The van der Waals surface area contributed by atoms with E-state index in [1.807, 2.05) is 0 Å². The molecule has 18 aromatic rings. The minimum Gasteiger partial charge on any atom is -0.311 e. The molecule has 0 N–H and O–H groups in total. The molecule has 0 spiro atoms. The summed E-state index contributed by atoms with van der Waals surface area (Å²) in [7, 11) is 0. The van der Waals surface area contributed by atoms with Gasteiger partial charge in [0, 0.05) is 79.1 Å². The molecule has 2 aliphatic heterocycles. The van der Waals surface area contributed by atoms with Crippen molar-refractivity contribution >= 4 is 91.3 Å². The standard InChI is InChI=1S/C120H99BN4/c1-118(2,3)96-57-67-102(68-58-96)122(103-69-59-97(60-70-103)119(4,5)6)99-65-54-88(55-66-99)93-56-72-109-111(78-93)124(116-105(89-42-26-14-27-43-89)74-94(84-38-22-12-23-39-84)75-106(116)90-44-28-15-29-45-90)113-79-98(120(7,8)9)80-114-115(113)121(109)110-73-71-104(123(100-61-50-86(51-62-100)82-34-18-10-19-35-82)101-63-52-87(53-64-101)83-36-20-11-21-37-83)81-112(110)125(114)117-107(91-46-30-16-31-47-91)76-95(85-40-24-13-25-41-85)77-108(117)92-48-32-17-33-49-92/h10-81H,1-9H3. The fraction of sp³-hybridized carbons (Fsp3) is 0.100. The Hall–Kier alpha value is -14.8. The van der Waals surface area contributed by atoms with Crippen molar-refractivity contribution in [2.24, 2.45) is 0 Å². The van der Waals surface area contributed by atoms with Crippen molar-refractivity contribution in [3.63, 3.8) is 0 Å². The van der Waals surface area contributed by atoms with Crippen LogP contribution in [0.15, 0.2) is 437 Å². The lowest BCUT2D eigenvalue weighted by atomic mass is 9.33. The van der Waals surface area contributed by atoms with Gasteiger partial charge >= 0.3 is 0 Å². The lowest BCUT2D eigenvalue weighted by molar-refractivity contribution is 0.590. The molecule has 0 amide bonds. The first-order valence-corrected chi connectivity index (χ1v) is 43.9. The number of hydrogen-bond acceptors (Lipinski definition) is 4. The van der Waals surface area contributed by atoms with Crippen LogP contribution < -0.4 is 36.0 Å². The SMILES string of the molecule is CC(C)(C)c1ccc(N(c2ccc(-c3ccc4c(c3)N(c3c(-c5ccccc5)cc(-c5ccccc5)cc3-c3ccccc3)c3cc(C(C)(C)C)cc5c3B4c3ccc(N(c4ccc(-c6ccccc6)cc4)c4ccc(-c6ccccc6)cc4)cc3N5c3c(-c4ccccc4)cc(-c4ccccc4)cc3-c3ccccc3)cc2)c2ccc(C(C)(C)C)cc2)cc1.